The van der Waals surface area contributed by atoms with Crippen molar-refractivity contribution >= 4 is 5.91 Å². The minimum Gasteiger partial charge on any atom is -0.443 e. The van der Waals surface area contributed by atoms with Gasteiger partial charge in [0.2, 0.25) is 0 Å². The summed E-state index contributed by atoms with van der Waals surface area (Å²) in [6, 6.07) is 7.88. The zero-order valence-corrected chi connectivity index (χ0v) is 14.8. The number of hydrogen-bond donors (Lipinski definition) is 1. The highest BCUT2D eigenvalue weighted by Crippen LogP contribution is 2.56. The van der Waals surface area contributed by atoms with E-state index >= 15 is 0 Å². The Hall–Kier alpha value is -2.14. The average Bonchev–Trinajstić information content (AvgIpc) is 3.10. The Labute approximate surface area is 147 Å². The molecule has 1 aliphatic carbocycles. The largest absolute Gasteiger partial charge is 0.443 e. The number of aryl methyl sites for hydroxylation is 1. The summed E-state index contributed by atoms with van der Waals surface area (Å²) >= 11 is 0. The van der Waals surface area contributed by atoms with Crippen LogP contribution in [0.4, 0.5) is 0 Å². The lowest BCUT2D eigenvalue weighted by Gasteiger charge is -2.58. The number of piperidine rings is 1. The number of oxazole rings is 1. The number of nitrogens with zero attached hydrogens (tertiary/aromatic N) is 2. The van der Waals surface area contributed by atoms with Gasteiger partial charge in [-0.15, -0.1) is 0 Å². The highest BCUT2D eigenvalue weighted by Gasteiger charge is 2.56. The average molecular weight is 340 g/mol. The van der Waals surface area contributed by atoms with Crippen LogP contribution in [0.5, 0.6) is 0 Å². The van der Waals surface area contributed by atoms with Crippen molar-refractivity contribution in [2.75, 3.05) is 13.1 Å². The number of amides is 1. The van der Waals surface area contributed by atoms with Crippen LogP contribution < -0.4 is 0 Å². The van der Waals surface area contributed by atoms with Gasteiger partial charge in [0.1, 0.15) is 0 Å². The lowest BCUT2D eigenvalue weighted by Crippen LogP contribution is -2.60. The summed E-state index contributed by atoms with van der Waals surface area (Å²) in [7, 11) is 0. The molecule has 2 aliphatic rings. The van der Waals surface area contributed by atoms with E-state index in [-0.39, 0.29) is 11.3 Å². The van der Waals surface area contributed by atoms with Gasteiger partial charge in [0.05, 0.1) is 5.60 Å². The van der Waals surface area contributed by atoms with Crippen LogP contribution >= 0.6 is 0 Å². The number of carbonyl (C=O) groups is 1. The molecule has 1 N–H and O–H groups in total. The normalized spacial score (nSPS) is 25.0. The van der Waals surface area contributed by atoms with E-state index in [1.807, 2.05) is 43.0 Å². The third-order valence-electron chi connectivity index (χ3n) is 6.29. The Morgan fingerprint density at radius 1 is 1.24 bits per heavy atom. The van der Waals surface area contributed by atoms with Gasteiger partial charge in [0.15, 0.2) is 17.8 Å². The minimum atomic E-state index is -0.581. The van der Waals surface area contributed by atoms with Gasteiger partial charge >= 0.3 is 0 Å². The standard InChI is InChI=1S/C20H24N2O3/c1-14-4-3-5-15(12-14)17-16(21-13-25-17)18(23)22-10-8-20(9-11-22)7-6-19(20,2)24/h3-5,12-13,24H,6-11H2,1-2H3. The fourth-order valence-corrected chi connectivity index (χ4v) is 4.31. The van der Waals surface area contributed by atoms with Crippen LogP contribution in [-0.4, -0.2) is 39.6 Å². The fourth-order valence-electron chi connectivity index (χ4n) is 4.31. The number of aliphatic hydroxyl groups is 1. The molecule has 0 radical (unpaired) electrons. The second-order valence-corrected chi connectivity index (χ2v) is 7.75. The van der Waals surface area contributed by atoms with E-state index in [4.69, 9.17) is 4.42 Å². The lowest BCUT2D eigenvalue weighted by molar-refractivity contribution is -0.174. The van der Waals surface area contributed by atoms with Crippen LogP contribution in [0, 0.1) is 12.3 Å². The summed E-state index contributed by atoms with van der Waals surface area (Å²) in [6.45, 7) is 5.27. The molecular formula is C20H24N2O3. The molecule has 1 saturated heterocycles. The highest BCUT2D eigenvalue weighted by molar-refractivity contribution is 5.97. The molecule has 1 amide bonds. The molecule has 2 heterocycles. The monoisotopic (exact) mass is 340 g/mol. The van der Waals surface area contributed by atoms with Crippen LogP contribution in [0.25, 0.3) is 11.3 Å². The number of aromatic nitrogens is 1. The SMILES string of the molecule is Cc1cccc(-c2ocnc2C(=O)N2CCC3(CC2)CCC3(C)O)c1. The molecule has 1 spiro atoms. The Bertz CT molecular complexity index is 801. The maximum atomic E-state index is 13.0. The van der Waals surface area contributed by atoms with E-state index in [2.05, 4.69) is 4.98 Å². The van der Waals surface area contributed by atoms with Gasteiger partial charge in [-0.25, -0.2) is 4.98 Å². The molecule has 1 aliphatic heterocycles. The molecular weight excluding hydrogens is 316 g/mol. The first kappa shape index (κ1) is 16.3. The van der Waals surface area contributed by atoms with Gasteiger partial charge in [0, 0.05) is 24.1 Å². The smallest absolute Gasteiger partial charge is 0.276 e. The van der Waals surface area contributed by atoms with Gasteiger partial charge < -0.3 is 14.4 Å². The van der Waals surface area contributed by atoms with Gasteiger partial charge in [0.25, 0.3) is 5.91 Å². The predicted molar refractivity (Wildman–Crippen MR) is 94.1 cm³/mol. The summed E-state index contributed by atoms with van der Waals surface area (Å²) in [5.41, 5.74) is 1.77. The third kappa shape index (κ3) is 2.58. The Kier molecular flexibility index (Phi) is 3.72. The highest BCUT2D eigenvalue weighted by atomic mass is 16.3. The predicted octanol–water partition coefficient (Wildman–Crippen LogP) is 3.42. The molecule has 1 unspecified atom stereocenters. The Morgan fingerprint density at radius 3 is 2.60 bits per heavy atom. The molecule has 5 nitrogen and oxygen atoms in total. The molecule has 1 aromatic heterocycles. The zero-order chi connectivity index (χ0) is 17.7. The van der Waals surface area contributed by atoms with Crippen molar-refractivity contribution in [3.05, 3.63) is 41.9 Å². The van der Waals surface area contributed by atoms with E-state index in [1.54, 1.807) is 0 Å². The zero-order valence-electron chi connectivity index (χ0n) is 14.8. The number of benzene rings is 1. The number of rotatable bonds is 2. The molecule has 2 aromatic rings. The first-order chi connectivity index (χ1) is 11.9. The maximum Gasteiger partial charge on any atom is 0.276 e. The maximum absolute atomic E-state index is 13.0. The molecule has 5 heteroatoms. The topological polar surface area (TPSA) is 66.6 Å². The first-order valence-corrected chi connectivity index (χ1v) is 8.94. The van der Waals surface area contributed by atoms with Crippen molar-refractivity contribution in [2.24, 2.45) is 5.41 Å². The summed E-state index contributed by atoms with van der Waals surface area (Å²) in [5, 5.41) is 10.5. The van der Waals surface area contributed by atoms with Crippen molar-refractivity contribution in [1.82, 2.24) is 9.88 Å². The van der Waals surface area contributed by atoms with E-state index in [1.165, 1.54) is 6.39 Å². The van der Waals surface area contributed by atoms with Crippen molar-refractivity contribution in [2.45, 2.75) is 45.1 Å². The molecule has 25 heavy (non-hydrogen) atoms. The Balaban J connectivity index is 1.53. The van der Waals surface area contributed by atoms with Gasteiger partial charge in [-0.2, -0.15) is 0 Å². The number of likely N-dealkylation sites (tertiary alicyclic amines) is 1. The van der Waals surface area contributed by atoms with Crippen LogP contribution in [-0.2, 0) is 0 Å². The van der Waals surface area contributed by atoms with Crippen molar-refractivity contribution < 1.29 is 14.3 Å². The van der Waals surface area contributed by atoms with Gasteiger partial charge in [-0.3, -0.25) is 4.79 Å². The second-order valence-electron chi connectivity index (χ2n) is 7.75. The van der Waals surface area contributed by atoms with Crippen molar-refractivity contribution in [1.29, 1.82) is 0 Å². The summed E-state index contributed by atoms with van der Waals surface area (Å²) in [4.78, 5) is 19.0. The number of carbonyl (C=O) groups excluding carboxylic acids is 1. The van der Waals surface area contributed by atoms with Crippen LogP contribution in [0.2, 0.25) is 0 Å². The quantitative estimate of drug-likeness (QED) is 0.910. The number of hydrogen-bond acceptors (Lipinski definition) is 4. The van der Waals surface area contributed by atoms with E-state index in [0.717, 1.165) is 36.8 Å². The van der Waals surface area contributed by atoms with Gasteiger partial charge in [-0.05, 0) is 45.6 Å². The molecule has 4 rings (SSSR count). The summed E-state index contributed by atoms with van der Waals surface area (Å²) in [6.07, 6.45) is 4.96. The van der Waals surface area contributed by atoms with Gasteiger partial charge in [-0.1, -0.05) is 23.8 Å². The van der Waals surface area contributed by atoms with E-state index in [9.17, 15) is 9.90 Å². The van der Waals surface area contributed by atoms with Crippen LogP contribution in [0.15, 0.2) is 35.1 Å². The molecule has 1 saturated carbocycles. The summed E-state index contributed by atoms with van der Waals surface area (Å²) < 4.78 is 5.53. The Morgan fingerprint density at radius 2 is 2.00 bits per heavy atom. The fraction of sp³-hybridized carbons (Fsp3) is 0.500. The lowest BCUT2D eigenvalue weighted by atomic mass is 9.53. The minimum absolute atomic E-state index is 0.00697. The molecule has 1 aromatic carbocycles. The molecule has 0 bridgehead atoms. The second kappa shape index (κ2) is 5.70. The summed E-state index contributed by atoms with van der Waals surface area (Å²) in [5.74, 6) is 0.448. The van der Waals surface area contributed by atoms with Crippen LogP contribution in [0.1, 0.15) is 48.7 Å². The first-order valence-electron chi connectivity index (χ1n) is 8.94. The van der Waals surface area contributed by atoms with Crippen molar-refractivity contribution in [3.63, 3.8) is 0 Å². The molecule has 2 fully saturated rings. The van der Waals surface area contributed by atoms with E-state index in [0.29, 0.717) is 24.5 Å². The van der Waals surface area contributed by atoms with E-state index < -0.39 is 5.60 Å². The molecule has 1 atom stereocenters. The van der Waals surface area contributed by atoms with Crippen LogP contribution in [0.3, 0.4) is 0 Å². The third-order valence-corrected chi connectivity index (χ3v) is 6.29. The van der Waals surface area contributed by atoms with Crippen molar-refractivity contribution in [3.8, 4) is 11.3 Å². The molecule has 132 valence electrons.